The van der Waals surface area contributed by atoms with Crippen LogP contribution in [0.5, 0.6) is 5.75 Å². The third-order valence-electron chi connectivity index (χ3n) is 4.25. The molecule has 1 aliphatic rings. The molecule has 0 saturated carbocycles. The fourth-order valence-corrected chi connectivity index (χ4v) is 4.03. The average Bonchev–Trinajstić information content (AvgIpc) is 3.10. The van der Waals surface area contributed by atoms with Crippen LogP contribution in [0.1, 0.15) is 22.3 Å². The maximum absolute atomic E-state index is 12.2. The number of fused-ring (bicyclic) bond motifs is 2. The SMILES string of the molecule is Cc1sc2ncc(C=O)n2c1-c1ccc2c(c1)N(C)C(=O)C(C)O2. The van der Waals surface area contributed by atoms with Gasteiger partial charge >= 0.3 is 0 Å². The molecule has 24 heavy (non-hydrogen) atoms. The van der Waals surface area contributed by atoms with Crippen LogP contribution in [0.15, 0.2) is 24.4 Å². The van der Waals surface area contributed by atoms with Gasteiger partial charge in [0.2, 0.25) is 0 Å². The van der Waals surface area contributed by atoms with Crippen molar-refractivity contribution in [2.24, 2.45) is 0 Å². The highest BCUT2D eigenvalue weighted by molar-refractivity contribution is 7.17. The highest BCUT2D eigenvalue weighted by Gasteiger charge is 2.29. The van der Waals surface area contributed by atoms with Gasteiger partial charge in [0.05, 0.1) is 17.6 Å². The minimum Gasteiger partial charge on any atom is -0.479 e. The van der Waals surface area contributed by atoms with Crippen LogP contribution in [0.4, 0.5) is 5.69 Å². The van der Waals surface area contributed by atoms with Crippen molar-refractivity contribution in [3.8, 4) is 17.0 Å². The molecule has 3 heterocycles. The van der Waals surface area contributed by atoms with Gasteiger partial charge in [0, 0.05) is 17.5 Å². The third kappa shape index (κ3) is 1.98. The highest BCUT2D eigenvalue weighted by Crippen LogP contribution is 2.39. The van der Waals surface area contributed by atoms with Crippen LogP contribution in [0, 0.1) is 6.92 Å². The molecule has 0 radical (unpaired) electrons. The summed E-state index contributed by atoms with van der Waals surface area (Å²) in [6.45, 7) is 3.74. The molecular formula is C17H15N3O3S. The van der Waals surface area contributed by atoms with Crippen LogP contribution in [0.25, 0.3) is 16.2 Å². The van der Waals surface area contributed by atoms with Gasteiger partial charge in [0.25, 0.3) is 5.91 Å². The molecule has 0 saturated heterocycles. The largest absolute Gasteiger partial charge is 0.479 e. The second kappa shape index (κ2) is 5.17. The lowest BCUT2D eigenvalue weighted by molar-refractivity contribution is -0.125. The normalized spacial score (nSPS) is 17.0. The number of carbonyl (C=O) groups excluding carboxylic acids is 2. The Hall–Kier alpha value is -2.67. The number of thiazole rings is 1. The van der Waals surface area contributed by atoms with Gasteiger partial charge in [-0.15, -0.1) is 11.3 Å². The first-order valence-electron chi connectivity index (χ1n) is 7.52. The first-order valence-corrected chi connectivity index (χ1v) is 8.33. The Bertz CT molecular complexity index is 989. The smallest absolute Gasteiger partial charge is 0.267 e. The molecule has 0 bridgehead atoms. The van der Waals surface area contributed by atoms with E-state index in [0.29, 0.717) is 11.4 Å². The van der Waals surface area contributed by atoms with Crippen molar-refractivity contribution in [3.63, 3.8) is 0 Å². The molecule has 1 atom stereocenters. The number of anilines is 1. The predicted octanol–water partition coefficient (Wildman–Crippen LogP) is 2.93. The van der Waals surface area contributed by atoms with Crippen molar-refractivity contribution >= 4 is 34.2 Å². The summed E-state index contributed by atoms with van der Waals surface area (Å²) in [7, 11) is 1.74. The van der Waals surface area contributed by atoms with Crippen molar-refractivity contribution < 1.29 is 14.3 Å². The number of hydrogen-bond acceptors (Lipinski definition) is 5. The molecule has 2 aromatic heterocycles. The molecule has 1 aromatic carbocycles. The molecule has 3 aromatic rings. The molecule has 1 aliphatic heterocycles. The van der Waals surface area contributed by atoms with Crippen molar-refractivity contribution in [1.29, 1.82) is 0 Å². The van der Waals surface area contributed by atoms with Crippen LogP contribution in [-0.2, 0) is 4.79 Å². The summed E-state index contributed by atoms with van der Waals surface area (Å²) in [4.78, 5) is 31.2. The zero-order valence-electron chi connectivity index (χ0n) is 13.4. The van der Waals surface area contributed by atoms with E-state index in [1.807, 2.05) is 29.5 Å². The van der Waals surface area contributed by atoms with E-state index >= 15 is 0 Å². The summed E-state index contributed by atoms with van der Waals surface area (Å²) in [6, 6.07) is 5.73. The quantitative estimate of drug-likeness (QED) is 0.672. The number of aryl methyl sites for hydroxylation is 1. The van der Waals surface area contributed by atoms with E-state index in [0.717, 1.165) is 33.1 Å². The molecule has 7 heteroatoms. The van der Waals surface area contributed by atoms with Gasteiger partial charge in [-0.1, -0.05) is 0 Å². The second-order valence-corrected chi connectivity index (χ2v) is 6.95. The molecule has 6 nitrogen and oxygen atoms in total. The minimum absolute atomic E-state index is 0.0805. The summed E-state index contributed by atoms with van der Waals surface area (Å²) < 4.78 is 7.52. The Kier molecular flexibility index (Phi) is 3.21. The number of carbonyl (C=O) groups is 2. The fraction of sp³-hybridized carbons (Fsp3) is 0.235. The average molecular weight is 341 g/mol. The number of rotatable bonds is 2. The Balaban J connectivity index is 1.93. The number of nitrogens with zero attached hydrogens (tertiary/aromatic N) is 3. The molecule has 4 rings (SSSR count). The zero-order chi connectivity index (χ0) is 17.0. The van der Waals surface area contributed by atoms with Crippen molar-refractivity contribution in [2.75, 3.05) is 11.9 Å². The number of hydrogen-bond donors (Lipinski definition) is 0. The van der Waals surface area contributed by atoms with Gasteiger partial charge in [-0.3, -0.25) is 14.0 Å². The standard InChI is InChI=1S/C17H15N3O3S/c1-9-16(22)19(3)13-6-11(4-5-14(13)23-9)15-10(2)24-17-18-7-12(8-21)20(15)17/h4-9H,1-3H3. The van der Waals surface area contributed by atoms with Crippen molar-refractivity contribution in [3.05, 3.63) is 35.0 Å². The third-order valence-corrected chi connectivity index (χ3v) is 5.22. The lowest BCUT2D eigenvalue weighted by atomic mass is 10.1. The monoisotopic (exact) mass is 341 g/mol. The molecule has 0 aliphatic carbocycles. The summed E-state index contributed by atoms with van der Waals surface area (Å²) in [5.74, 6) is 0.599. The topological polar surface area (TPSA) is 63.9 Å². The number of benzene rings is 1. The molecule has 1 amide bonds. The summed E-state index contributed by atoms with van der Waals surface area (Å²) >= 11 is 1.53. The molecule has 122 valence electrons. The van der Waals surface area contributed by atoms with Crippen LogP contribution in [-0.4, -0.2) is 34.7 Å². The minimum atomic E-state index is -0.488. The maximum atomic E-state index is 12.2. The Morgan fingerprint density at radius 3 is 2.92 bits per heavy atom. The number of ether oxygens (including phenoxy) is 1. The van der Waals surface area contributed by atoms with E-state index in [2.05, 4.69) is 4.98 Å². The number of aldehydes is 1. The zero-order valence-corrected chi connectivity index (χ0v) is 14.3. The van der Waals surface area contributed by atoms with Gasteiger partial charge in [-0.05, 0) is 32.0 Å². The van der Waals surface area contributed by atoms with Gasteiger partial charge in [-0.25, -0.2) is 4.98 Å². The maximum Gasteiger partial charge on any atom is 0.267 e. The first kappa shape index (κ1) is 14.9. The molecule has 1 unspecified atom stereocenters. The highest BCUT2D eigenvalue weighted by atomic mass is 32.1. The van der Waals surface area contributed by atoms with Gasteiger partial charge < -0.3 is 9.64 Å². The van der Waals surface area contributed by atoms with Crippen LogP contribution >= 0.6 is 11.3 Å². The Labute approximate surface area is 142 Å². The Morgan fingerprint density at radius 2 is 2.17 bits per heavy atom. The summed E-state index contributed by atoms with van der Waals surface area (Å²) in [5, 5.41) is 0. The summed E-state index contributed by atoms with van der Waals surface area (Å²) in [6.07, 6.45) is 1.88. The fourth-order valence-electron chi connectivity index (χ4n) is 3.06. The molecular weight excluding hydrogens is 326 g/mol. The molecule has 0 fully saturated rings. The Morgan fingerprint density at radius 1 is 1.38 bits per heavy atom. The van der Waals surface area contributed by atoms with Crippen LogP contribution in [0.3, 0.4) is 0 Å². The van der Waals surface area contributed by atoms with E-state index in [4.69, 9.17) is 4.74 Å². The van der Waals surface area contributed by atoms with Gasteiger partial charge in [0.1, 0.15) is 11.4 Å². The van der Waals surface area contributed by atoms with E-state index in [9.17, 15) is 9.59 Å². The molecule has 0 spiro atoms. The first-order chi connectivity index (χ1) is 11.5. The van der Waals surface area contributed by atoms with E-state index in [-0.39, 0.29) is 5.91 Å². The number of imidazole rings is 1. The van der Waals surface area contributed by atoms with Crippen LogP contribution < -0.4 is 9.64 Å². The summed E-state index contributed by atoms with van der Waals surface area (Å²) in [5.41, 5.74) is 3.06. The number of amides is 1. The van der Waals surface area contributed by atoms with Gasteiger partial charge in [0.15, 0.2) is 17.4 Å². The van der Waals surface area contributed by atoms with E-state index in [1.165, 1.54) is 11.3 Å². The molecule has 0 N–H and O–H groups in total. The predicted molar refractivity (Wildman–Crippen MR) is 92.1 cm³/mol. The second-order valence-electron chi connectivity index (χ2n) is 5.77. The van der Waals surface area contributed by atoms with Crippen molar-refractivity contribution in [2.45, 2.75) is 20.0 Å². The van der Waals surface area contributed by atoms with Crippen LogP contribution in [0.2, 0.25) is 0 Å². The van der Waals surface area contributed by atoms with Crippen molar-refractivity contribution in [1.82, 2.24) is 9.38 Å². The number of aromatic nitrogens is 2. The van der Waals surface area contributed by atoms with E-state index in [1.54, 1.807) is 25.1 Å². The van der Waals surface area contributed by atoms with E-state index < -0.39 is 6.10 Å². The van der Waals surface area contributed by atoms with Gasteiger partial charge in [-0.2, -0.15) is 0 Å². The lowest BCUT2D eigenvalue weighted by Crippen LogP contribution is -2.41. The number of likely N-dealkylation sites (N-methyl/N-ethyl adjacent to an activating group) is 1. The lowest BCUT2D eigenvalue weighted by Gasteiger charge is -2.30.